The second-order valence-corrected chi connectivity index (χ2v) is 2.74. The summed E-state index contributed by atoms with van der Waals surface area (Å²) in [5.41, 5.74) is -1.10. The molecule has 0 saturated carbocycles. The van der Waals surface area contributed by atoms with Gasteiger partial charge in [0.2, 0.25) is 0 Å². The Morgan fingerprint density at radius 3 is 2.40 bits per heavy atom. The average molecular weight is 218 g/mol. The van der Waals surface area contributed by atoms with E-state index in [1.54, 1.807) is 0 Å². The third-order valence-electron chi connectivity index (χ3n) is 1.77. The van der Waals surface area contributed by atoms with Gasteiger partial charge < -0.3 is 15.3 Å². The van der Waals surface area contributed by atoms with Crippen LogP contribution in [0.5, 0.6) is 5.75 Å². The van der Waals surface area contributed by atoms with Crippen LogP contribution >= 0.6 is 0 Å². The molecule has 0 bridgehead atoms. The topological polar surface area (TPSA) is 56.1 Å². The number of alkyl halides is 3. The monoisotopic (exact) mass is 218 g/mol. The van der Waals surface area contributed by atoms with Gasteiger partial charge in [-0.25, -0.2) is 0 Å². The molecule has 1 aromatic rings. The van der Waals surface area contributed by atoms with Crippen LogP contribution < -0.4 is 9.84 Å². The Labute approximate surface area is 83.6 Å². The molecule has 1 aromatic carbocycles. The molecule has 0 aromatic heterocycles. The Hall–Kier alpha value is -1.72. The van der Waals surface area contributed by atoms with Gasteiger partial charge in [0, 0.05) is 5.56 Å². The molecule has 15 heavy (non-hydrogen) atoms. The van der Waals surface area contributed by atoms with E-state index in [1.165, 1.54) is 0 Å². The standard InChI is InChI=1S/C9H8F3NO2/c1-15-7-4-5(9(10,11)12)2-3-6(7)8(13)14/h2-4H,1H3,(H2,13,14)/p-1. The van der Waals surface area contributed by atoms with Crippen molar-refractivity contribution in [3.05, 3.63) is 29.3 Å². The van der Waals surface area contributed by atoms with Crippen LogP contribution in [0.25, 0.3) is 0 Å². The molecular weight excluding hydrogens is 211 g/mol. The number of nitrogens with one attached hydrogen (secondary N) is 1. The van der Waals surface area contributed by atoms with E-state index >= 15 is 0 Å². The summed E-state index contributed by atoms with van der Waals surface area (Å²) >= 11 is 0. The summed E-state index contributed by atoms with van der Waals surface area (Å²) in [6.45, 7) is 0. The molecule has 0 heterocycles. The minimum Gasteiger partial charge on any atom is -0.859 e. The Kier molecular flexibility index (Phi) is 2.88. The molecule has 0 spiro atoms. The van der Waals surface area contributed by atoms with E-state index in [4.69, 9.17) is 5.41 Å². The second-order valence-electron chi connectivity index (χ2n) is 2.74. The van der Waals surface area contributed by atoms with E-state index in [2.05, 4.69) is 4.74 Å². The predicted molar refractivity (Wildman–Crippen MR) is 44.8 cm³/mol. The number of hydrogen-bond acceptors (Lipinski definition) is 3. The van der Waals surface area contributed by atoms with Crippen LogP contribution in [0.2, 0.25) is 0 Å². The SMILES string of the molecule is COc1cc(C(F)(F)F)ccc1C(=N)[O-]. The first kappa shape index (κ1) is 11.4. The first-order chi connectivity index (χ1) is 6.86. The number of methoxy groups -OCH3 is 1. The molecule has 0 unspecified atom stereocenters. The van der Waals surface area contributed by atoms with Gasteiger partial charge in [0.15, 0.2) is 0 Å². The van der Waals surface area contributed by atoms with Gasteiger partial charge >= 0.3 is 6.18 Å². The Morgan fingerprint density at radius 2 is 2.00 bits per heavy atom. The molecule has 1 rings (SSSR count). The minimum atomic E-state index is -4.49. The molecule has 0 aliphatic rings. The molecule has 1 N–H and O–H groups in total. The molecule has 0 saturated heterocycles. The van der Waals surface area contributed by atoms with Crippen LogP contribution in [0.15, 0.2) is 18.2 Å². The Balaban J connectivity index is 3.25. The summed E-state index contributed by atoms with van der Waals surface area (Å²) in [7, 11) is 1.14. The highest BCUT2D eigenvalue weighted by Crippen LogP contribution is 2.32. The lowest BCUT2D eigenvalue weighted by atomic mass is 10.1. The van der Waals surface area contributed by atoms with Gasteiger partial charge in [0.1, 0.15) is 5.75 Å². The summed E-state index contributed by atoms with van der Waals surface area (Å²) in [4.78, 5) is 0. The van der Waals surface area contributed by atoms with Crippen molar-refractivity contribution in [2.75, 3.05) is 7.11 Å². The maximum atomic E-state index is 12.2. The number of halogens is 3. The number of ether oxygens (including phenoxy) is 1. The lowest BCUT2D eigenvalue weighted by molar-refractivity contribution is -0.214. The van der Waals surface area contributed by atoms with Gasteiger partial charge in [-0.2, -0.15) is 13.2 Å². The van der Waals surface area contributed by atoms with Gasteiger partial charge in [-0.15, -0.1) is 0 Å². The summed E-state index contributed by atoms with van der Waals surface area (Å²) < 4.78 is 41.4. The smallest absolute Gasteiger partial charge is 0.416 e. The fraction of sp³-hybridized carbons (Fsp3) is 0.222. The molecular formula is C9H7F3NO2-. The molecule has 0 radical (unpaired) electrons. The lowest BCUT2D eigenvalue weighted by Crippen LogP contribution is -2.18. The zero-order chi connectivity index (χ0) is 11.6. The quantitative estimate of drug-likeness (QED) is 0.602. The maximum absolute atomic E-state index is 12.2. The summed E-state index contributed by atoms with van der Waals surface area (Å²) in [6.07, 6.45) is -4.49. The van der Waals surface area contributed by atoms with Crippen LogP contribution in [0.1, 0.15) is 11.1 Å². The van der Waals surface area contributed by atoms with Crippen LogP contribution in [0.4, 0.5) is 13.2 Å². The largest absolute Gasteiger partial charge is 0.859 e. The second kappa shape index (κ2) is 3.80. The number of rotatable bonds is 2. The van der Waals surface area contributed by atoms with Crippen LogP contribution in [-0.4, -0.2) is 13.0 Å². The van der Waals surface area contributed by atoms with E-state index in [-0.39, 0.29) is 11.3 Å². The number of hydrogen-bond donors (Lipinski definition) is 1. The van der Waals surface area contributed by atoms with E-state index in [1.807, 2.05) is 0 Å². The molecule has 6 heteroatoms. The molecule has 0 aliphatic heterocycles. The van der Waals surface area contributed by atoms with E-state index < -0.39 is 17.6 Å². The van der Waals surface area contributed by atoms with Gasteiger partial charge in [-0.1, -0.05) is 0 Å². The van der Waals surface area contributed by atoms with Gasteiger partial charge in [-0.05, 0) is 24.1 Å². The fourth-order valence-electron chi connectivity index (χ4n) is 1.06. The van der Waals surface area contributed by atoms with Gasteiger partial charge in [-0.3, -0.25) is 0 Å². The predicted octanol–water partition coefficient (Wildman–Crippen LogP) is 1.40. The van der Waals surface area contributed by atoms with E-state index in [9.17, 15) is 18.3 Å². The Bertz CT molecular complexity index is 387. The normalized spacial score (nSPS) is 11.2. The molecule has 0 amide bonds. The Morgan fingerprint density at radius 1 is 1.40 bits per heavy atom. The highest BCUT2D eigenvalue weighted by atomic mass is 19.4. The summed E-state index contributed by atoms with van der Waals surface area (Å²) in [5, 5.41) is 17.5. The molecule has 3 nitrogen and oxygen atoms in total. The van der Waals surface area contributed by atoms with Crippen molar-refractivity contribution in [1.82, 2.24) is 0 Å². The van der Waals surface area contributed by atoms with Crippen molar-refractivity contribution >= 4 is 5.90 Å². The van der Waals surface area contributed by atoms with Crippen LogP contribution in [0.3, 0.4) is 0 Å². The lowest BCUT2D eigenvalue weighted by Gasteiger charge is -2.15. The fourth-order valence-corrected chi connectivity index (χ4v) is 1.06. The zero-order valence-electron chi connectivity index (χ0n) is 7.68. The minimum absolute atomic E-state index is 0.189. The molecule has 82 valence electrons. The number of benzene rings is 1. The maximum Gasteiger partial charge on any atom is 0.416 e. The van der Waals surface area contributed by atoms with Crippen LogP contribution in [0, 0.1) is 5.41 Å². The molecule has 0 atom stereocenters. The van der Waals surface area contributed by atoms with Crippen molar-refractivity contribution in [3.63, 3.8) is 0 Å². The average Bonchev–Trinajstić information content (AvgIpc) is 2.15. The van der Waals surface area contributed by atoms with Crippen molar-refractivity contribution < 1.29 is 23.0 Å². The van der Waals surface area contributed by atoms with E-state index in [0.717, 1.165) is 19.2 Å². The van der Waals surface area contributed by atoms with E-state index in [0.29, 0.717) is 6.07 Å². The van der Waals surface area contributed by atoms with Crippen molar-refractivity contribution in [3.8, 4) is 5.75 Å². The van der Waals surface area contributed by atoms with Crippen LogP contribution in [-0.2, 0) is 6.18 Å². The van der Waals surface area contributed by atoms with Gasteiger partial charge in [0.25, 0.3) is 0 Å². The first-order valence-corrected chi connectivity index (χ1v) is 3.87. The van der Waals surface area contributed by atoms with Crippen molar-refractivity contribution in [2.45, 2.75) is 6.18 Å². The molecule has 0 aliphatic carbocycles. The highest BCUT2D eigenvalue weighted by molar-refractivity contribution is 5.91. The third kappa shape index (κ3) is 2.39. The highest BCUT2D eigenvalue weighted by Gasteiger charge is 2.31. The molecule has 0 fully saturated rings. The summed E-state index contributed by atoms with van der Waals surface area (Å²) in [5.74, 6) is -1.33. The van der Waals surface area contributed by atoms with Crippen molar-refractivity contribution in [1.29, 1.82) is 5.41 Å². The van der Waals surface area contributed by atoms with Gasteiger partial charge in [0.05, 0.1) is 12.7 Å². The summed E-state index contributed by atoms with van der Waals surface area (Å²) in [6, 6.07) is 2.36. The zero-order valence-corrected chi connectivity index (χ0v) is 7.68. The van der Waals surface area contributed by atoms with Crippen molar-refractivity contribution in [2.24, 2.45) is 0 Å². The first-order valence-electron chi connectivity index (χ1n) is 3.87. The third-order valence-corrected chi connectivity index (χ3v) is 1.77.